The molecule has 2 atom stereocenters. The molecule has 0 aromatic carbocycles. The number of carbonyl (C=O) groups is 1. The van der Waals surface area contributed by atoms with Crippen molar-refractivity contribution in [3.05, 3.63) is 72.9 Å². The molecule has 0 aliphatic rings. The number of unbranched alkanes of at least 4 members (excludes halogenated alkanes) is 13. The van der Waals surface area contributed by atoms with Crippen molar-refractivity contribution < 1.29 is 32.8 Å². The van der Waals surface area contributed by atoms with Crippen molar-refractivity contribution in [2.75, 3.05) is 33.0 Å². The average molecular weight is 750 g/mol. The summed E-state index contributed by atoms with van der Waals surface area (Å²) in [5, 5.41) is 0. The van der Waals surface area contributed by atoms with Gasteiger partial charge in [0.2, 0.25) is 0 Å². The fraction of sp³-hybridized carbons (Fsp3) is 0.698. The van der Waals surface area contributed by atoms with Gasteiger partial charge in [-0.05, 0) is 77.0 Å². The number of nitrogens with two attached hydrogens (primary N) is 1. The largest absolute Gasteiger partial charge is 0.472 e. The third-order valence-electron chi connectivity index (χ3n) is 8.11. The molecule has 52 heavy (non-hydrogen) atoms. The Hall–Kier alpha value is -2.06. The second-order valence-electron chi connectivity index (χ2n) is 13.1. The van der Waals surface area contributed by atoms with Crippen LogP contribution in [-0.2, 0) is 27.9 Å². The fourth-order valence-electron chi connectivity index (χ4n) is 5.15. The number of phosphoric acid groups is 1. The third-order valence-corrected chi connectivity index (χ3v) is 9.09. The van der Waals surface area contributed by atoms with Crippen molar-refractivity contribution in [2.45, 2.75) is 161 Å². The molecule has 0 rings (SSSR count). The third kappa shape index (κ3) is 39.2. The van der Waals surface area contributed by atoms with Gasteiger partial charge >= 0.3 is 13.8 Å². The zero-order valence-corrected chi connectivity index (χ0v) is 33.9. The molecule has 0 heterocycles. The van der Waals surface area contributed by atoms with E-state index in [0.717, 1.165) is 64.2 Å². The number of allylic oxidation sites excluding steroid dienone is 12. The topological polar surface area (TPSA) is 117 Å². The van der Waals surface area contributed by atoms with Crippen LogP contribution < -0.4 is 5.73 Å². The van der Waals surface area contributed by atoms with E-state index in [-0.39, 0.29) is 32.3 Å². The number of esters is 1. The van der Waals surface area contributed by atoms with Crippen LogP contribution in [0.15, 0.2) is 72.9 Å². The van der Waals surface area contributed by atoms with Gasteiger partial charge in [-0.15, -0.1) is 0 Å². The van der Waals surface area contributed by atoms with E-state index in [1.54, 1.807) is 0 Å². The Bertz CT molecular complexity index is 1020. The number of hydrogen-bond acceptors (Lipinski definition) is 7. The normalized spacial score (nSPS) is 14.3. The number of carbonyl (C=O) groups excluding carboxylic acids is 1. The maximum absolute atomic E-state index is 12.6. The molecule has 0 bridgehead atoms. The van der Waals surface area contributed by atoms with E-state index in [1.165, 1.54) is 70.6 Å². The van der Waals surface area contributed by atoms with E-state index in [0.29, 0.717) is 13.0 Å². The van der Waals surface area contributed by atoms with E-state index < -0.39 is 13.9 Å². The molecular formula is C43H76NO7P. The molecule has 0 saturated heterocycles. The lowest BCUT2D eigenvalue weighted by Gasteiger charge is -2.20. The minimum absolute atomic E-state index is 0.0731. The minimum atomic E-state index is -4.29. The van der Waals surface area contributed by atoms with Gasteiger partial charge in [0.15, 0.2) is 0 Å². The SMILES string of the molecule is CC/C=C\C/C=C\C/C=C\C/C=C\CCCOCC(COP(=O)(O)OCCN)OC(=O)CCCCCCCCCCC/C=C\C/C=C\CCCCC. The Morgan fingerprint density at radius 1 is 0.596 bits per heavy atom. The summed E-state index contributed by atoms with van der Waals surface area (Å²) in [6, 6.07) is 0. The van der Waals surface area contributed by atoms with Crippen molar-refractivity contribution in [1.82, 2.24) is 0 Å². The Morgan fingerprint density at radius 3 is 1.62 bits per heavy atom. The highest BCUT2D eigenvalue weighted by molar-refractivity contribution is 7.47. The van der Waals surface area contributed by atoms with Gasteiger partial charge in [-0.1, -0.05) is 145 Å². The predicted octanol–water partition coefficient (Wildman–Crippen LogP) is 12.0. The zero-order chi connectivity index (χ0) is 38.1. The molecule has 2 unspecified atom stereocenters. The minimum Gasteiger partial charge on any atom is -0.457 e. The van der Waals surface area contributed by atoms with Crippen LogP contribution in [0.5, 0.6) is 0 Å². The van der Waals surface area contributed by atoms with Crippen molar-refractivity contribution in [3.8, 4) is 0 Å². The van der Waals surface area contributed by atoms with E-state index in [4.69, 9.17) is 24.3 Å². The van der Waals surface area contributed by atoms with Crippen LogP contribution >= 0.6 is 7.82 Å². The molecule has 0 radical (unpaired) electrons. The molecule has 0 amide bonds. The highest BCUT2D eigenvalue weighted by atomic mass is 31.2. The molecule has 0 aromatic heterocycles. The van der Waals surface area contributed by atoms with Gasteiger partial charge in [0.25, 0.3) is 0 Å². The summed E-state index contributed by atoms with van der Waals surface area (Å²) in [6.45, 7) is 4.60. The lowest BCUT2D eigenvalue weighted by molar-refractivity contribution is -0.154. The molecule has 0 aliphatic carbocycles. The first-order valence-corrected chi connectivity index (χ1v) is 21.9. The molecular weight excluding hydrogens is 673 g/mol. The summed E-state index contributed by atoms with van der Waals surface area (Å²) in [4.78, 5) is 22.4. The number of rotatable bonds is 38. The summed E-state index contributed by atoms with van der Waals surface area (Å²) in [6.07, 6.45) is 49.3. The maximum atomic E-state index is 12.6. The second kappa shape index (κ2) is 40.1. The van der Waals surface area contributed by atoms with E-state index in [1.807, 2.05) is 0 Å². The zero-order valence-electron chi connectivity index (χ0n) is 33.0. The van der Waals surface area contributed by atoms with Crippen LogP contribution in [0.25, 0.3) is 0 Å². The summed E-state index contributed by atoms with van der Waals surface area (Å²) in [5.74, 6) is -0.357. The van der Waals surface area contributed by atoms with Crippen molar-refractivity contribution >= 4 is 13.8 Å². The van der Waals surface area contributed by atoms with Crippen molar-refractivity contribution in [2.24, 2.45) is 5.73 Å². The Labute approximate surface area is 318 Å². The molecule has 3 N–H and O–H groups in total. The Balaban J connectivity index is 4.14. The Kier molecular flexibility index (Phi) is 38.5. The quantitative estimate of drug-likeness (QED) is 0.0277. The van der Waals surface area contributed by atoms with Crippen LogP contribution in [0.4, 0.5) is 0 Å². The predicted molar refractivity (Wildman–Crippen MR) is 219 cm³/mol. The van der Waals surface area contributed by atoms with Crippen molar-refractivity contribution in [1.29, 1.82) is 0 Å². The van der Waals surface area contributed by atoms with E-state index in [9.17, 15) is 14.3 Å². The molecule has 0 spiro atoms. The van der Waals surface area contributed by atoms with Gasteiger partial charge in [0, 0.05) is 19.6 Å². The molecule has 8 nitrogen and oxygen atoms in total. The first kappa shape index (κ1) is 49.9. The fourth-order valence-corrected chi connectivity index (χ4v) is 5.91. The lowest BCUT2D eigenvalue weighted by atomic mass is 10.1. The summed E-state index contributed by atoms with van der Waals surface area (Å²) < 4.78 is 33.3. The molecule has 0 aliphatic heterocycles. The average Bonchev–Trinajstić information content (AvgIpc) is 3.13. The molecule has 0 saturated carbocycles. The van der Waals surface area contributed by atoms with Gasteiger partial charge in [0.05, 0.1) is 19.8 Å². The van der Waals surface area contributed by atoms with Gasteiger partial charge in [-0.2, -0.15) is 0 Å². The molecule has 9 heteroatoms. The van der Waals surface area contributed by atoms with Gasteiger partial charge < -0.3 is 20.1 Å². The Morgan fingerprint density at radius 2 is 1.08 bits per heavy atom. The summed E-state index contributed by atoms with van der Waals surface area (Å²) in [5.41, 5.74) is 5.36. The summed E-state index contributed by atoms with van der Waals surface area (Å²) in [7, 11) is -4.29. The van der Waals surface area contributed by atoms with E-state index in [2.05, 4.69) is 86.8 Å². The maximum Gasteiger partial charge on any atom is 0.472 e. The highest BCUT2D eigenvalue weighted by Crippen LogP contribution is 2.43. The van der Waals surface area contributed by atoms with Crippen molar-refractivity contribution in [3.63, 3.8) is 0 Å². The molecule has 0 aromatic rings. The standard InChI is InChI=1S/C43H76NO7P/c1-3-5-7-9-11-13-15-17-19-20-21-22-23-24-26-28-30-32-34-36-43(45)51-42(41-50-52(46,47)49-39-37-44)40-48-38-35-33-31-29-27-25-18-16-14-12-10-8-6-4-2/h6,8,11-14,17-19,25,29,31,42H,3-5,7,9-10,15-16,20-24,26-28,30,32-41,44H2,1-2H3,(H,46,47)/b8-6-,13-11-,14-12-,19-17-,25-18-,31-29-. The van der Waals surface area contributed by atoms with Gasteiger partial charge in [-0.3, -0.25) is 13.8 Å². The monoisotopic (exact) mass is 750 g/mol. The smallest absolute Gasteiger partial charge is 0.457 e. The molecule has 0 fully saturated rings. The van der Waals surface area contributed by atoms with Crippen LogP contribution in [0.2, 0.25) is 0 Å². The first-order valence-electron chi connectivity index (χ1n) is 20.4. The van der Waals surface area contributed by atoms with Crippen LogP contribution in [-0.4, -0.2) is 49.9 Å². The highest BCUT2D eigenvalue weighted by Gasteiger charge is 2.25. The first-order chi connectivity index (χ1) is 25.4. The second-order valence-corrected chi connectivity index (χ2v) is 14.6. The summed E-state index contributed by atoms with van der Waals surface area (Å²) >= 11 is 0. The number of phosphoric ester groups is 1. The van der Waals surface area contributed by atoms with Crippen LogP contribution in [0.1, 0.15) is 155 Å². The lowest BCUT2D eigenvalue weighted by Crippen LogP contribution is -2.28. The number of ether oxygens (including phenoxy) is 2. The van der Waals surface area contributed by atoms with Gasteiger partial charge in [0.1, 0.15) is 6.10 Å². The van der Waals surface area contributed by atoms with Crippen LogP contribution in [0, 0.1) is 0 Å². The molecule has 300 valence electrons. The van der Waals surface area contributed by atoms with E-state index >= 15 is 0 Å². The number of hydrogen-bond donors (Lipinski definition) is 2. The van der Waals surface area contributed by atoms with Crippen LogP contribution in [0.3, 0.4) is 0 Å². The van der Waals surface area contributed by atoms with Gasteiger partial charge in [-0.25, -0.2) is 4.57 Å².